The summed E-state index contributed by atoms with van der Waals surface area (Å²) in [6.07, 6.45) is 0.934. The summed E-state index contributed by atoms with van der Waals surface area (Å²) in [7, 11) is 3.16. The summed E-state index contributed by atoms with van der Waals surface area (Å²) in [6.45, 7) is 2.71. The van der Waals surface area contributed by atoms with Crippen LogP contribution in [-0.2, 0) is 0 Å². The van der Waals surface area contributed by atoms with Crippen LogP contribution in [0.15, 0.2) is 53.9 Å². The minimum atomic E-state index is -0.533. The summed E-state index contributed by atoms with van der Waals surface area (Å²) in [6, 6.07) is 15.3. The van der Waals surface area contributed by atoms with E-state index >= 15 is 0 Å². The molecule has 0 spiro atoms. The highest BCUT2D eigenvalue weighted by molar-refractivity contribution is 5.72. The van der Waals surface area contributed by atoms with Crippen molar-refractivity contribution in [2.45, 2.75) is 19.3 Å². The van der Waals surface area contributed by atoms with Gasteiger partial charge in [-0.2, -0.15) is 5.26 Å². The number of allylic oxidation sites excluding steroid dienone is 1. The van der Waals surface area contributed by atoms with Crippen LogP contribution in [0.25, 0.3) is 11.3 Å². The third-order valence-electron chi connectivity index (χ3n) is 5.31. The summed E-state index contributed by atoms with van der Waals surface area (Å²) in [5.74, 6) is 1.81. The first kappa shape index (κ1) is 21.1. The molecule has 0 amide bonds. The molecule has 1 atom stereocenters. The van der Waals surface area contributed by atoms with Gasteiger partial charge in [0, 0.05) is 17.2 Å². The van der Waals surface area contributed by atoms with Gasteiger partial charge in [0.05, 0.1) is 38.0 Å². The van der Waals surface area contributed by atoms with Crippen molar-refractivity contribution in [3.8, 4) is 40.5 Å². The Balaban J connectivity index is 1.85. The standard InChI is InChI=1S/C24H24N4O4/c1-4-11-31-15-7-5-14(6-8-15)22-21-20(17-10-9-16(29-2)12-19(17)30-3)18(13-25)23(26)32-24(21)28-27-22/h5-10,12,20H,4,11,26H2,1-3H3,(H,27,28)/t20-/m1/s1. The van der Waals surface area contributed by atoms with Gasteiger partial charge in [0.2, 0.25) is 11.8 Å². The number of methoxy groups -OCH3 is 2. The van der Waals surface area contributed by atoms with Gasteiger partial charge in [0.1, 0.15) is 28.9 Å². The van der Waals surface area contributed by atoms with Crippen molar-refractivity contribution in [2.75, 3.05) is 20.8 Å². The van der Waals surface area contributed by atoms with E-state index in [1.54, 1.807) is 20.3 Å². The van der Waals surface area contributed by atoms with Crippen molar-refractivity contribution in [3.05, 3.63) is 65.0 Å². The average Bonchev–Trinajstić information content (AvgIpc) is 3.25. The van der Waals surface area contributed by atoms with Crippen molar-refractivity contribution in [2.24, 2.45) is 5.73 Å². The van der Waals surface area contributed by atoms with Gasteiger partial charge < -0.3 is 24.7 Å². The summed E-state index contributed by atoms with van der Waals surface area (Å²) in [5.41, 5.74) is 9.44. The second-order valence-corrected chi connectivity index (χ2v) is 7.22. The fourth-order valence-corrected chi connectivity index (χ4v) is 3.77. The molecule has 8 nitrogen and oxygen atoms in total. The molecule has 4 rings (SSSR count). The van der Waals surface area contributed by atoms with E-state index < -0.39 is 5.92 Å². The van der Waals surface area contributed by atoms with Gasteiger partial charge in [-0.15, -0.1) is 5.10 Å². The highest BCUT2D eigenvalue weighted by Crippen LogP contribution is 2.48. The van der Waals surface area contributed by atoms with Gasteiger partial charge in [-0.25, -0.2) is 0 Å². The predicted octanol–water partition coefficient (Wildman–Crippen LogP) is 4.10. The number of rotatable bonds is 7. The zero-order valence-corrected chi connectivity index (χ0v) is 18.1. The van der Waals surface area contributed by atoms with E-state index in [0.29, 0.717) is 29.5 Å². The number of nitrogens with zero attached hydrogens (tertiary/aromatic N) is 2. The Kier molecular flexibility index (Phi) is 5.90. The molecular formula is C24H24N4O4. The Bertz CT molecular complexity index is 1190. The highest BCUT2D eigenvalue weighted by atomic mass is 16.5. The van der Waals surface area contributed by atoms with Gasteiger partial charge in [-0.05, 0) is 36.8 Å². The average molecular weight is 432 g/mol. The van der Waals surface area contributed by atoms with Crippen molar-refractivity contribution in [3.63, 3.8) is 0 Å². The van der Waals surface area contributed by atoms with Crippen LogP contribution < -0.4 is 24.7 Å². The predicted molar refractivity (Wildman–Crippen MR) is 119 cm³/mol. The fraction of sp³-hybridized carbons (Fsp3) is 0.250. The Labute approximate surface area is 186 Å². The lowest BCUT2D eigenvalue weighted by molar-refractivity contribution is 0.317. The number of nitriles is 1. The number of ether oxygens (including phenoxy) is 4. The van der Waals surface area contributed by atoms with Crippen LogP contribution >= 0.6 is 0 Å². The van der Waals surface area contributed by atoms with Gasteiger partial charge in [-0.1, -0.05) is 13.0 Å². The maximum absolute atomic E-state index is 9.92. The highest BCUT2D eigenvalue weighted by Gasteiger charge is 2.37. The van der Waals surface area contributed by atoms with Gasteiger partial charge in [-0.3, -0.25) is 5.10 Å². The largest absolute Gasteiger partial charge is 0.497 e. The second-order valence-electron chi connectivity index (χ2n) is 7.22. The third kappa shape index (κ3) is 3.69. The molecule has 8 heteroatoms. The molecule has 164 valence electrons. The van der Waals surface area contributed by atoms with Gasteiger partial charge in [0.25, 0.3) is 0 Å². The summed E-state index contributed by atoms with van der Waals surface area (Å²) >= 11 is 0. The number of hydrogen-bond donors (Lipinski definition) is 2. The maximum atomic E-state index is 9.92. The van der Waals surface area contributed by atoms with Crippen molar-refractivity contribution >= 4 is 0 Å². The number of fused-ring (bicyclic) bond motifs is 1. The quantitative estimate of drug-likeness (QED) is 0.577. The molecule has 32 heavy (non-hydrogen) atoms. The third-order valence-corrected chi connectivity index (χ3v) is 5.31. The molecule has 0 radical (unpaired) electrons. The number of benzene rings is 2. The molecule has 3 N–H and O–H groups in total. The lowest BCUT2D eigenvalue weighted by Crippen LogP contribution is -2.21. The molecule has 0 aliphatic carbocycles. The number of aromatic nitrogens is 2. The smallest absolute Gasteiger partial charge is 0.244 e. The maximum Gasteiger partial charge on any atom is 0.244 e. The topological polar surface area (TPSA) is 115 Å². The monoisotopic (exact) mass is 432 g/mol. The Morgan fingerprint density at radius 3 is 2.53 bits per heavy atom. The second kappa shape index (κ2) is 8.94. The van der Waals surface area contributed by atoms with E-state index in [4.69, 9.17) is 24.7 Å². The number of nitrogens with one attached hydrogen (secondary N) is 1. The Morgan fingerprint density at radius 2 is 1.88 bits per heavy atom. The summed E-state index contributed by atoms with van der Waals surface area (Å²) < 4.78 is 22.3. The van der Waals surface area contributed by atoms with Gasteiger partial charge >= 0.3 is 0 Å². The molecule has 2 heterocycles. The van der Waals surface area contributed by atoms with E-state index in [2.05, 4.69) is 23.2 Å². The molecule has 0 unspecified atom stereocenters. The number of nitrogens with two attached hydrogens (primary N) is 1. The van der Waals surface area contributed by atoms with E-state index in [-0.39, 0.29) is 11.5 Å². The zero-order valence-electron chi connectivity index (χ0n) is 18.1. The van der Waals surface area contributed by atoms with E-state index in [0.717, 1.165) is 29.0 Å². The zero-order chi connectivity index (χ0) is 22.7. The van der Waals surface area contributed by atoms with Gasteiger partial charge in [0.15, 0.2) is 0 Å². The van der Waals surface area contributed by atoms with Crippen LogP contribution in [0.5, 0.6) is 23.1 Å². The van der Waals surface area contributed by atoms with E-state index in [1.807, 2.05) is 36.4 Å². The molecule has 0 saturated carbocycles. The van der Waals surface area contributed by atoms with Crippen LogP contribution in [-0.4, -0.2) is 31.0 Å². The first-order valence-electron chi connectivity index (χ1n) is 10.2. The normalized spacial score (nSPS) is 14.9. The fourth-order valence-electron chi connectivity index (χ4n) is 3.77. The molecule has 3 aromatic rings. The molecular weight excluding hydrogens is 408 g/mol. The first-order chi connectivity index (χ1) is 15.6. The minimum absolute atomic E-state index is 0.0178. The molecule has 2 aromatic carbocycles. The van der Waals surface area contributed by atoms with Crippen LogP contribution in [0.4, 0.5) is 0 Å². The van der Waals surface area contributed by atoms with Crippen LogP contribution in [0.3, 0.4) is 0 Å². The molecule has 0 fully saturated rings. The number of H-pyrrole nitrogens is 1. The molecule has 1 aliphatic heterocycles. The first-order valence-corrected chi connectivity index (χ1v) is 10.2. The lowest BCUT2D eigenvalue weighted by Gasteiger charge is -2.25. The summed E-state index contributed by atoms with van der Waals surface area (Å²) in [4.78, 5) is 0. The van der Waals surface area contributed by atoms with E-state index in [9.17, 15) is 5.26 Å². The Hall–Kier alpha value is -4.12. The van der Waals surface area contributed by atoms with E-state index in [1.165, 1.54) is 0 Å². The molecule has 0 bridgehead atoms. The van der Waals surface area contributed by atoms with Crippen molar-refractivity contribution < 1.29 is 18.9 Å². The van der Waals surface area contributed by atoms with Crippen LogP contribution in [0.1, 0.15) is 30.4 Å². The number of hydrogen-bond acceptors (Lipinski definition) is 7. The van der Waals surface area contributed by atoms with Crippen molar-refractivity contribution in [1.82, 2.24) is 10.2 Å². The minimum Gasteiger partial charge on any atom is -0.497 e. The molecule has 1 aliphatic rings. The number of aromatic amines is 1. The molecule has 0 saturated heterocycles. The Morgan fingerprint density at radius 1 is 1.12 bits per heavy atom. The van der Waals surface area contributed by atoms with Crippen LogP contribution in [0.2, 0.25) is 0 Å². The summed E-state index contributed by atoms with van der Waals surface area (Å²) in [5, 5.41) is 17.3. The molecule has 1 aromatic heterocycles. The lowest BCUT2D eigenvalue weighted by atomic mass is 9.82. The van der Waals surface area contributed by atoms with Crippen molar-refractivity contribution in [1.29, 1.82) is 5.26 Å². The SMILES string of the molecule is CCCOc1ccc(-c2[nH]nc3c2[C@H](c2ccc(OC)cc2OC)C(C#N)=C(N)O3)cc1. The van der Waals surface area contributed by atoms with Crippen LogP contribution in [0, 0.1) is 11.3 Å².